The van der Waals surface area contributed by atoms with Crippen LogP contribution in [0.15, 0.2) is 47.6 Å². The van der Waals surface area contributed by atoms with E-state index in [9.17, 15) is 14.9 Å². The van der Waals surface area contributed by atoms with E-state index in [-0.39, 0.29) is 18.1 Å². The highest BCUT2D eigenvalue weighted by molar-refractivity contribution is 5.84. The number of rotatable bonds is 6. The van der Waals surface area contributed by atoms with Gasteiger partial charge in [-0.15, -0.1) is 0 Å². The summed E-state index contributed by atoms with van der Waals surface area (Å²) < 4.78 is 5.01. The van der Waals surface area contributed by atoms with Gasteiger partial charge in [0.1, 0.15) is 0 Å². The number of ether oxygens (including phenoxy) is 1. The summed E-state index contributed by atoms with van der Waals surface area (Å²) in [5, 5.41) is 20.7. The molecule has 30 heavy (non-hydrogen) atoms. The van der Waals surface area contributed by atoms with Crippen LogP contribution in [-0.2, 0) is 9.53 Å². The number of nitro groups is 1. The second-order valence-corrected chi connectivity index (χ2v) is 6.66. The fraction of sp³-hybridized carbons (Fsp3) is 0.333. The van der Waals surface area contributed by atoms with Crippen molar-refractivity contribution in [2.24, 2.45) is 5.10 Å². The molecule has 2 aromatic rings. The van der Waals surface area contributed by atoms with E-state index in [1.165, 1.54) is 23.9 Å². The van der Waals surface area contributed by atoms with Crippen LogP contribution >= 0.6 is 0 Å². The molecule has 9 heteroatoms. The zero-order chi connectivity index (χ0) is 21.8. The van der Waals surface area contributed by atoms with Gasteiger partial charge in [-0.25, -0.2) is 5.43 Å². The number of hydrogen-bond donors (Lipinski definition) is 3. The van der Waals surface area contributed by atoms with Gasteiger partial charge < -0.3 is 15.4 Å². The lowest BCUT2D eigenvalue weighted by Crippen LogP contribution is -2.30. The summed E-state index contributed by atoms with van der Waals surface area (Å²) >= 11 is 0. The lowest BCUT2D eigenvalue weighted by molar-refractivity contribution is -0.384. The molecular formula is C21H27N5O4. The maximum atomic E-state index is 11.7. The normalized spacial score (nSPS) is 13.3. The van der Waals surface area contributed by atoms with Crippen LogP contribution in [0.5, 0.6) is 0 Å². The fourth-order valence-corrected chi connectivity index (χ4v) is 2.49. The van der Waals surface area contributed by atoms with Crippen molar-refractivity contribution in [1.29, 1.82) is 0 Å². The van der Waals surface area contributed by atoms with E-state index in [1.807, 2.05) is 32.0 Å². The van der Waals surface area contributed by atoms with Crippen molar-refractivity contribution in [2.75, 3.05) is 38.2 Å². The Morgan fingerprint density at radius 2 is 1.97 bits per heavy atom. The van der Waals surface area contributed by atoms with E-state index in [4.69, 9.17) is 4.74 Å². The maximum absolute atomic E-state index is 11.7. The van der Waals surface area contributed by atoms with Crippen LogP contribution in [0.3, 0.4) is 0 Å². The number of nitrogens with zero attached hydrogens (tertiary/aromatic N) is 2. The molecule has 2 aromatic carbocycles. The Bertz CT molecular complexity index is 870. The van der Waals surface area contributed by atoms with Crippen LogP contribution < -0.4 is 16.1 Å². The molecule has 3 rings (SSSR count). The molecular weight excluding hydrogens is 386 g/mol. The standard InChI is InChI=1S/C17H18N4O3.C4H9NO/c1-12-6-7-15(8-13(12)2)18-11-17(22)20-19-10-14-4-3-5-16(9-14)21(23)24;1-3-6-4-2-5-1/h3-10,18H,11H2,1-2H3,(H,20,22);5H,1-4H2. The Labute approximate surface area is 175 Å². The van der Waals surface area contributed by atoms with Gasteiger partial charge in [0.15, 0.2) is 0 Å². The molecule has 0 bridgehead atoms. The Balaban J connectivity index is 0.000000456. The number of morpholine rings is 1. The highest BCUT2D eigenvalue weighted by Gasteiger charge is 2.04. The molecule has 1 heterocycles. The summed E-state index contributed by atoms with van der Waals surface area (Å²) in [6.07, 6.45) is 1.36. The molecule has 0 saturated carbocycles. The van der Waals surface area contributed by atoms with Crippen molar-refractivity contribution in [1.82, 2.24) is 10.7 Å². The Morgan fingerprint density at radius 3 is 2.57 bits per heavy atom. The molecule has 1 aliphatic heterocycles. The maximum Gasteiger partial charge on any atom is 0.270 e. The first-order valence-corrected chi connectivity index (χ1v) is 9.61. The molecule has 0 unspecified atom stereocenters. The minimum Gasteiger partial charge on any atom is -0.379 e. The van der Waals surface area contributed by atoms with Gasteiger partial charge in [-0.05, 0) is 37.1 Å². The number of carbonyl (C=O) groups is 1. The van der Waals surface area contributed by atoms with Crippen LogP contribution in [0, 0.1) is 24.0 Å². The third-order valence-electron chi connectivity index (χ3n) is 4.29. The molecule has 1 aliphatic rings. The van der Waals surface area contributed by atoms with Crippen LogP contribution in [0.4, 0.5) is 11.4 Å². The number of non-ortho nitro benzene ring substituents is 1. The third kappa shape index (κ3) is 8.38. The number of anilines is 1. The molecule has 9 nitrogen and oxygen atoms in total. The predicted molar refractivity (Wildman–Crippen MR) is 117 cm³/mol. The summed E-state index contributed by atoms with van der Waals surface area (Å²) in [7, 11) is 0. The number of amides is 1. The van der Waals surface area contributed by atoms with Crippen molar-refractivity contribution < 1.29 is 14.5 Å². The summed E-state index contributed by atoms with van der Waals surface area (Å²) in [4.78, 5) is 21.9. The molecule has 160 valence electrons. The number of carbonyl (C=O) groups excluding carboxylic acids is 1. The number of benzene rings is 2. The summed E-state index contributed by atoms with van der Waals surface area (Å²) in [6, 6.07) is 11.8. The van der Waals surface area contributed by atoms with Crippen molar-refractivity contribution in [3.8, 4) is 0 Å². The number of nitro benzene ring substituents is 1. The van der Waals surface area contributed by atoms with E-state index in [0.29, 0.717) is 5.56 Å². The minimum atomic E-state index is -0.483. The van der Waals surface area contributed by atoms with Crippen LogP contribution in [-0.4, -0.2) is 49.9 Å². The summed E-state index contributed by atoms with van der Waals surface area (Å²) in [6.45, 7) is 7.94. The summed E-state index contributed by atoms with van der Waals surface area (Å²) in [5.74, 6) is -0.310. The minimum absolute atomic E-state index is 0.0262. The molecule has 3 N–H and O–H groups in total. The van der Waals surface area contributed by atoms with Gasteiger partial charge in [-0.3, -0.25) is 14.9 Å². The SMILES string of the molecule is C1COCCN1.Cc1ccc(NCC(=O)NN=Cc2cccc([N+](=O)[O-])c2)cc1C. The van der Waals surface area contributed by atoms with Crippen molar-refractivity contribution in [2.45, 2.75) is 13.8 Å². The quantitative estimate of drug-likeness (QED) is 0.380. The van der Waals surface area contributed by atoms with E-state index in [2.05, 4.69) is 21.2 Å². The van der Waals surface area contributed by atoms with Gasteiger partial charge in [-0.1, -0.05) is 18.2 Å². The van der Waals surface area contributed by atoms with Gasteiger partial charge in [0.2, 0.25) is 0 Å². The van der Waals surface area contributed by atoms with E-state index >= 15 is 0 Å². The van der Waals surface area contributed by atoms with Crippen molar-refractivity contribution in [3.05, 3.63) is 69.3 Å². The van der Waals surface area contributed by atoms with Crippen molar-refractivity contribution >= 4 is 23.5 Å². The van der Waals surface area contributed by atoms with E-state index in [0.717, 1.165) is 37.6 Å². The largest absolute Gasteiger partial charge is 0.379 e. The first-order valence-electron chi connectivity index (χ1n) is 9.61. The second-order valence-electron chi connectivity index (χ2n) is 6.66. The smallest absolute Gasteiger partial charge is 0.270 e. The molecule has 0 atom stereocenters. The molecule has 0 spiro atoms. The van der Waals surface area contributed by atoms with Gasteiger partial charge >= 0.3 is 0 Å². The lowest BCUT2D eigenvalue weighted by atomic mass is 10.1. The molecule has 1 amide bonds. The number of hydrazone groups is 1. The highest BCUT2D eigenvalue weighted by atomic mass is 16.6. The predicted octanol–water partition coefficient (Wildman–Crippen LogP) is 2.38. The van der Waals surface area contributed by atoms with Gasteiger partial charge in [0.25, 0.3) is 11.6 Å². The number of nitrogens with one attached hydrogen (secondary N) is 3. The molecule has 1 saturated heterocycles. The average Bonchev–Trinajstić information content (AvgIpc) is 2.76. The van der Waals surface area contributed by atoms with Gasteiger partial charge in [-0.2, -0.15) is 5.10 Å². The third-order valence-corrected chi connectivity index (χ3v) is 4.29. The number of hydrogen-bond acceptors (Lipinski definition) is 7. The average molecular weight is 413 g/mol. The molecule has 0 aliphatic carbocycles. The molecule has 0 aromatic heterocycles. The van der Waals surface area contributed by atoms with Crippen LogP contribution in [0.1, 0.15) is 16.7 Å². The second kappa shape index (κ2) is 12.3. The van der Waals surface area contributed by atoms with Crippen LogP contribution in [0.25, 0.3) is 0 Å². The topological polar surface area (TPSA) is 118 Å². The number of aryl methyl sites for hydroxylation is 2. The zero-order valence-corrected chi connectivity index (χ0v) is 17.2. The molecule has 1 fully saturated rings. The van der Waals surface area contributed by atoms with Crippen molar-refractivity contribution in [3.63, 3.8) is 0 Å². The first-order chi connectivity index (χ1) is 14.5. The lowest BCUT2D eigenvalue weighted by Gasteiger charge is -2.10. The Morgan fingerprint density at radius 1 is 1.20 bits per heavy atom. The fourth-order valence-electron chi connectivity index (χ4n) is 2.49. The molecule has 0 radical (unpaired) electrons. The van der Waals surface area contributed by atoms with E-state index < -0.39 is 4.92 Å². The Kier molecular flexibility index (Phi) is 9.43. The monoisotopic (exact) mass is 413 g/mol. The van der Waals surface area contributed by atoms with Gasteiger partial charge in [0.05, 0.1) is 30.9 Å². The Hall–Kier alpha value is -3.30. The van der Waals surface area contributed by atoms with Crippen LogP contribution in [0.2, 0.25) is 0 Å². The highest BCUT2D eigenvalue weighted by Crippen LogP contribution is 2.13. The zero-order valence-electron chi connectivity index (χ0n) is 17.2. The summed E-state index contributed by atoms with van der Waals surface area (Å²) in [5.41, 5.74) is 6.07. The first kappa shape index (κ1) is 23.0. The van der Waals surface area contributed by atoms with Gasteiger partial charge in [0, 0.05) is 36.5 Å². The van der Waals surface area contributed by atoms with E-state index in [1.54, 1.807) is 12.1 Å².